The van der Waals surface area contributed by atoms with Crippen molar-refractivity contribution in [2.24, 2.45) is 0 Å². The van der Waals surface area contributed by atoms with Gasteiger partial charge in [0, 0.05) is 19.0 Å². The quantitative estimate of drug-likeness (QED) is 0.793. The van der Waals surface area contributed by atoms with Crippen LogP contribution in [0.15, 0.2) is 24.3 Å². The van der Waals surface area contributed by atoms with Crippen molar-refractivity contribution in [3.8, 4) is 0 Å². The van der Waals surface area contributed by atoms with E-state index in [9.17, 15) is 0 Å². The van der Waals surface area contributed by atoms with Gasteiger partial charge >= 0.3 is 0 Å². The molecule has 3 nitrogen and oxygen atoms in total. The largest absolute Gasteiger partial charge is 0.328 e. The van der Waals surface area contributed by atoms with Crippen molar-refractivity contribution >= 4 is 11.0 Å². The van der Waals surface area contributed by atoms with E-state index in [1.165, 1.54) is 24.2 Å². The molecule has 1 aromatic heterocycles. The molecule has 1 N–H and O–H groups in total. The Balaban J connectivity index is 2.06. The molecule has 0 bridgehead atoms. The molecule has 1 aromatic carbocycles. The van der Waals surface area contributed by atoms with Crippen molar-refractivity contribution in [2.45, 2.75) is 59.0 Å². The fourth-order valence-electron chi connectivity index (χ4n) is 2.81. The monoisotopic (exact) mass is 273 g/mol. The number of aromatic nitrogens is 2. The first kappa shape index (κ1) is 15.0. The molecule has 0 spiro atoms. The second-order valence-electron chi connectivity index (χ2n) is 5.52. The zero-order valence-electron chi connectivity index (χ0n) is 13.0. The predicted molar refractivity (Wildman–Crippen MR) is 86.1 cm³/mol. The summed E-state index contributed by atoms with van der Waals surface area (Å²) in [7, 11) is 0. The number of hydrogen-bond donors (Lipinski definition) is 1. The number of nitrogens with zero attached hydrogens (tertiary/aromatic N) is 2. The Morgan fingerprint density at radius 3 is 2.80 bits per heavy atom. The number of fused-ring (bicyclic) bond motifs is 1. The van der Waals surface area contributed by atoms with E-state index in [1.807, 2.05) is 0 Å². The Labute approximate surface area is 122 Å². The van der Waals surface area contributed by atoms with Gasteiger partial charge in [-0.2, -0.15) is 0 Å². The van der Waals surface area contributed by atoms with Crippen molar-refractivity contribution in [3.63, 3.8) is 0 Å². The molecule has 0 saturated heterocycles. The molecule has 1 heterocycles. The van der Waals surface area contributed by atoms with Crippen molar-refractivity contribution in [1.82, 2.24) is 14.9 Å². The maximum absolute atomic E-state index is 4.82. The van der Waals surface area contributed by atoms with Crippen LogP contribution in [0.2, 0.25) is 0 Å². The van der Waals surface area contributed by atoms with Crippen LogP contribution < -0.4 is 5.32 Å². The van der Waals surface area contributed by atoms with Gasteiger partial charge in [0.1, 0.15) is 5.82 Å². The second kappa shape index (κ2) is 7.44. The zero-order valence-corrected chi connectivity index (χ0v) is 13.0. The first-order valence-corrected chi connectivity index (χ1v) is 7.93. The minimum absolute atomic E-state index is 0.601. The van der Waals surface area contributed by atoms with Crippen molar-refractivity contribution in [3.05, 3.63) is 30.1 Å². The van der Waals surface area contributed by atoms with Gasteiger partial charge in [0.15, 0.2) is 0 Å². The molecule has 2 aromatic rings. The number of para-hydroxylation sites is 2. The predicted octanol–water partition coefficient (Wildman–Crippen LogP) is 3.77. The highest BCUT2D eigenvalue weighted by Crippen LogP contribution is 2.18. The lowest BCUT2D eigenvalue weighted by Gasteiger charge is -2.12. The van der Waals surface area contributed by atoms with Gasteiger partial charge < -0.3 is 9.88 Å². The third-order valence-electron chi connectivity index (χ3n) is 3.77. The topological polar surface area (TPSA) is 29.9 Å². The van der Waals surface area contributed by atoms with Crippen LogP contribution in [-0.2, 0) is 13.0 Å². The maximum atomic E-state index is 4.82. The van der Waals surface area contributed by atoms with Crippen LogP contribution in [0.4, 0.5) is 0 Å². The van der Waals surface area contributed by atoms with E-state index in [0.717, 1.165) is 31.4 Å². The molecule has 0 fully saturated rings. The lowest BCUT2D eigenvalue weighted by molar-refractivity contribution is 0.504. The molecule has 0 aliphatic rings. The average molecular weight is 273 g/mol. The summed E-state index contributed by atoms with van der Waals surface area (Å²) in [5.41, 5.74) is 2.42. The third kappa shape index (κ3) is 3.60. The number of hydrogen-bond acceptors (Lipinski definition) is 2. The zero-order chi connectivity index (χ0) is 14.4. The number of rotatable bonds is 8. The molecule has 3 heteroatoms. The highest BCUT2D eigenvalue weighted by molar-refractivity contribution is 5.75. The molecule has 0 aliphatic heterocycles. The normalized spacial score (nSPS) is 12.9. The SMILES string of the molecule is CCCn1c(CCCC(C)NCC)nc2ccccc21. The van der Waals surface area contributed by atoms with E-state index in [4.69, 9.17) is 4.98 Å². The summed E-state index contributed by atoms with van der Waals surface area (Å²) in [6.07, 6.45) is 4.63. The summed E-state index contributed by atoms with van der Waals surface area (Å²) >= 11 is 0. The molecule has 20 heavy (non-hydrogen) atoms. The van der Waals surface area contributed by atoms with Gasteiger partial charge in [-0.15, -0.1) is 0 Å². The molecule has 0 radical (unpaired) electrons. The van der Waals surface area contributed by atoms with E-state index >= 15 is 0 Å². The fraction of sp³-hybridized carbons (Fsp3) is 0.588. The smallest absolute Gasteiger partial charge is 0.109 e. The Kier molecular flexibility index (Phi) is 5.60. The lowest BCUT2D eigenvalue weighted by atomic mass is 10.1. The first-order chi connectivity index (χ1) is 9.76. The third-order valence-corrected chi connectivity index (χ3v) is 3.77. The van der Waals surface area contributed by atoms with Gasteiger partial charge in [0.05, 0.1) is 11.0 Å². The van der Waals surface area contributed by atoms with Crippen LogP contribution in [0, 0.1) is 0 Å². The molecule has 2 rings (SSSR count). The average Bonchev–Trinajstić information content (AvgIpc) is 2.78. The van der Waals surface area contributed by atoms with Gasteiger partial charge in [-0.1, -0.05) is 26.0 Å². The summed E-state index contributed by atoms with van der Waals surface area (Å²) in [4.78, 5) is 4.82. The highest BCUT2D eigenvalue weighted by atomic mass is 15.1. The van der Waals surface area contributed by atoms with Crippen LogP contribution in [-0.4, -0.2) is 22.1 Å². The molecule has 1 atom stereocenters. The summed E-state index contributed by atoms with van der Waals surface area (Å²) in [6.45, 7) is 8.77. The van der Waals surface area contributed by atoms with E-state index in [0.29, 0.717) is 6.04 Å². The molecule has 0 aliphatic carbocycles. The van der Waals surface area contributed by atoms with Crippen LogP contribution in [0.25, 0.3) is 11.0 Å². The summed E-state index contributed by atoms with van der Waals surface area (Å²) < 4.78 is 2.40. The Morgan fingerprint density at radius 2 is 2.05 bits per heavy atom. The summed E-state index contributed by atoms with van der Waals surface area (Å²) in [5, 5.41) is 3.47. The Morgan fingerprint density at radius 1 is 1.25 bits per heavy atom. The van der Waals surface area contributed by atoms with E-state index in [-0.39, 0.29) is 0 Å². The van der Waals surface area contributed by atoms with Gasteiger partial charge in [-0.3, -0.25) is 0 Å². The molecule has 1 unspecified atom stereocenters. The number of nitrogens with one attached hydrogen (secondary N) is 1. The van der Waals surface area contributed by atoms with Crippen LogP contribution in [0.5, 0.6) is 0 Å². The van der Waals surface area contributed by atoms with E-state index in [2.05, 4.69) is 54.9 Å². The van der Waals surface area contributed by atoms with E-state index < -0.39 is 0 Å². The highest BCUT2D eigenvalue weighted by Gasteiger charge is 2.10. The van der Waals surface area contributed by atoms with Gasteiger partial charge in [0.25, 0.3) is 0 Å². The van der Waals surface area contributed by atoms with Gasteiger partial charge in [0.2, 0.25) is 0 Å². The molecular formula is C17H27N3. The first-order valence-electron chi connectivity index (χ1n) is 7.93. The minimum Gasteiger partial charge on any atom is -0.328 e. The van der Waals surface area contributed by atoms with Crippen LogP contribution in [0.3, 0.4) is 0 Å². The van der Waals surface area contributed by atoms with Gasteiger partial charge in [-0.25, -0.2) is 4.98 Å². The minimum atomic E-state index is 0.601. The van der Waals surface area contributed by atoms with Crippen molar-refractivity contribution in [1.29, 1.82) is 0 Å². The standard InChI is InChI=1S/C17H27N3/c1-4-13-20-16-11-7-6-10-15(16)19-17(20)12-8-9-14(3)18-5-2/h6-7,10-11,14,18H,4-5,8-9,12-13H2,1-3H3. The summed E-state index contributed by atoms with van der Waals surface area (Å²) in [5.74, 6) is 1.25. The van der Waals surface area contributed by atoms with Gasteiger partial charge in [-0.05, 0) is 44.9 Å². The van der Waals surface area contributed by atoms with Crippen LogP contribution in [0.1, 0.15) is 45.9 Å². The molecular weight excluding hydrogens is 246 g/mol. The number of aryl methyl sites for hydroxylation is 2. The van der Waals surface area contributed by atoms with Crippen molar-refractivity contribution in [2.75, 3.05) is 6.54 Å². The fourth-order valence-corrected chi connectivity index (χ4v) is 2.81. The van der Waals surface area contributed by atoms with Crippen LogP contribution >= 0.6 is 0 Å². The second-order valence-corrected chi connectivity index (χ2v) is 5.52. The maximum Gasteiger partial charge on any atom is 0.109 e. The Bertz CT molecular complexity index is 530. The lowest BCUT2D eigenvalue weighted by Crippen LogP contribution is -2.25. The Hall–Kier alpha value is -1.35. The molecule has 0 saturated carbocycles. The van der Waals surface area contributed by atoms with E-state index in [1.54, 1.807) is 0 Å². The summed E-state index contributed by atoms with van der Waals surface area (Å²) in [6, 6.07) is 9.08. The molecule has 0 amide bonds. The number of benzene rings is 1. The van der Waals surface area contributed by atoms with Crippen molar-refractivity contribution < 1.29 is 0 Å². The molecule has 110 valence electrons. The number of imidazole rings is 1.